The molecular formula is C13H22ClN3O3. The Morgan fingerprint density at radius 1 is 1.25 bits per heavy atom. The molecule has 114 valence electrons. The smallest absolute Gasteiger partial charge is 0.304 e. The minimum absolute atomic E-state index is 0. The summed E-state index contributed by atoms with van der Waals surface area (Å²) >= 11 is 0. The maximum absolute atomic E-state index is 10.5. The van der Waals surface area contributed by atoms with Crippen LogP contribution in [0.1, 0.15) is 23.8 Å². The summed E-state index contributed by atoms with van der Waals surface area (Å²) in [5, 5.41) is 8.66. The third kappa shape index (κ3) is 4.77. The van der Waals surface area contributed by atoms with E-state index in [1.54, 1.807) is 0 Å². The first-order valence-electron chi connectivity index (χ1n) is 6.64. The largest absolute Gasteiger partial charge is 0.481 e. The van der Waals surface area contributed by atoms with E-state index in [9.17, 15) is 4.79 Å². The van der Waals surface area contributed by atoms with Gasteiger partial charge in [-0.3, -0.25) is 9.69 Å². The molecule has 0 amide bonds. The number of piperazine rings is 1. The normalized spacial score (nSPS) is 16.9. The van der Waals surface area contributed by atoms with Crippen molar-refractivity contribution in [1.29, 1.82) is 0 Å². The maximum Gasteiger partial charge on any atom is 0.304 e. The first kappa shape index (κ1) is 16.9. The SMILES string of the molecule is Cc1nc(CN2CCN(CCC(=O)O)CC2)oc1C.Cl. The molecule has 2 heterocycles. The molecule has 0 spiro atoms. The van der Waals surface area contributed by atoms with Gasteiger partial charge in [0.25, 0.3) is 0 Å². The second kappa shape index (κ2) is 7.61. The highest BCUT2D eigenvalue weighted by Gasteiger charge is 2.19. The number of halogens is 1. The Labute approximate surface area is 125 Å². The van der Waals surface area contributed by atoms with Gasteiger partial charge in [0.15, 0.2) is 0 Å². The second-order valence-corrected chi connectivity index (χ2v) is 5.01. The van der Waals surface area contributed by atoms with Gasteiger partial charge in [-0.1, -0.05) is 0 Å². The molecule has 1 aliphatic heterocycles. The molecule has 20 heavy (non-hydrogen) atoms. The van der Waals surface area contributed by atoms with E-state index in [0.29, 0.717) is 6.54 Å². The molecule has 6 nitrogen and oxygen atoms in total. The predicted molar refractivity (Wildman–Crippen MR) is 77.2 cm³/mol. The van der Waals surface area contributed by atoms with Gasteiger partial charge in [-0.25, -0.2) is 4.98 Å². The van der Waals surface area contributed by atoms with Crippen LogP contribution in [0.5, 0.6) is 0 Å². The molecule has 1 saturated heterocycles. The molecule has 1 aromatic heterocycles. The molecule has 0 radical (unpaired) electrons. The Balaban J connectivity index is 0.00000200. The van der Waals surface area contributed by atoms with Crippen molar-refractivity contribution in [2.75, 3.05) is 32.7 Å². The minimum atomic E-state index is -0.729. The van der Waals surface area contributed by atoms with Crippen molar-refractivity contribution in [3.63, 3.8) is 0 Å². The number of aliphatic carboxylic acids is 1. The van der Waals surface area contributed by atoms with Crippen LogP contribution >= 0.6 is 12.4 Å². The van der Waals surface area contributed by atoms with Crippen LogP contribution in [-0.2, 0) is 11.3 Å². The van der Waals surface area contributed by atoms with Crippen LogP contribution in [-0.4, -0.2) is 58.6 Å². The summed E-state index contributed by atoms with van der Waals surface area (Å²) < 4.78 is 5.58. The minimum Gasteiger partial charge on any atom is -0.481 e. The second-order valence-electron chi connectivity index (χ2n) is 5.01. The number of carboxylic acids is 1. The van der Waals surface area contributed by atoms with Gasteiger partial charge < -0.3 is 14.4 Å². The van der Waals surface area contributed by atoms with Gasteiger partial charge in [-0.2, -0.15) is 0 Å². The molecule has 7 heteroatoms. The summed E-state index contributed by atoms with van der Waals surface area (Å²) in [7, 11) is 0. The van der Waals surface area contributed by atoms with E-state index in [-0.39, 0.29) is 18.8 Å². The highest BCUT2D eigenvalue weighted by atomic mass is 35.5. The Hall–Kier alpha value is -1.11. The highest BCUT2D eigenvalue weighted by molar-refractivity contribution is 5.85. The third-order valence-corrected chi connectivity index (χ3v) is 3.54. The van der Waals surface area contributed by atoms with Crippen LogP contribution in [0.2, 0.25) is 0 Å². The first-order valence-corrected chi connectivity index (χ1v) is 6.64. The van der Waals surface area contributed by atoms with E-state index < -0.39 is 5.97 Å². The molecule has 2 rings (SSSR count). The number of hydrogen-bond acceptors (Lipinski definition) is 5. The van der Waals surface area contributed by atoms with Crippen molar-refractivity contribution in [2.24, 2.45) is 0 Å². The molecule has 0 aliphatic carbocycles. The van der Waals surface area contributed by atoms with E-state index in [2.05, 4.69) is 14.8 Å². The van der Waals surface area contributed by atoms with Gasteiger partial charge in [0.1, 0.15) is 5.76 Å². The fourth-order valence-corrected chi connectivity index (χ4v) is 2.22. The zero-order valence-corrected chi connectivity index (χ0v) is 12.8. The number of carbonyl (C=O) groups is 1. The Bertz CT molecular complexity index is 423. The van der Waals surface area contributed by atoms with Crippen molar-refractivity contribution in [2.45, 2.75) is 26.8 Å². The van der Waals surface area contributed by atoms with Crippen molar-refractivity contribution in [1.82, 2.24) is 14.8 Å². The van der Waals surface area contributed by atoms with Crippen LogP contribution < -0.4 is 0 Å². The van der Waals surface area contributed by atoms with Crippen LogP contribution in [0, 0.1) is 13.8 Å². The molecule has 0 aromatic carbocycles. The Morgan fingerprint density at radius 2 is 1.85 bits per heavy atom. The fourth-order valence-electron chi connectivity index (χ4n) is 2.22. The lowest BCUT2D eigenvalue weighted by Crippen LogP contribution is -2.46. The summed E-state index contributed by atoms with van der Waals surface area (Å²) in [6.07, 6.45) is 0.220. The molecule has 1 N–H and O–H groups in total. The predicted octanol–water partition coefficient (Wildman–Crippen LogP) is 1.31. The van der Waals surface area contributed by atoms with Gasteiger partial charge in [0, 0.05) is 32.7 Å². The molecule has 0 saturated carbocycles. The summed E-state index contributed by atoms with van der Waals surface area (Å²) in [6, 6.07) is 0. The lowest BCUT2D eigenvalue weighted by molar-refractivity contribution is -0.137. The number of aromatic nitrogens is 1. The first-order chi connectivity index (χ1) is 9.04. The zero-order valence-electron chi connectivity index (χ0n) is 12.0. The molecule has 0 bridgehead atoms. The summed E-state index contributed by atoms with van der Waals surface area (Å²) in [5.41, 5.74) is 0.954. The molecule has 1 fully saturated rings. The summed E-state index contributed by atoms with van der Waals surface area (Å²) in [4.78, 5) is 19.4. The number of carboxylic acid groups (broad SMARTS) is 1. The van der Waals surface area contributed by atoms with Crippen molar-refractivity contribution < 1.29 is 14.3 Å². The standard InChI is InChI=1S/C13H21N3O3.ClH/c1-10-11(2)19-12(14-10)9-16-7-5-15(6-8-16)4-3-13(17)18;/h3-9H2,1-2H3,(H,17,18);1H. The molecule has 1 aromatic rings. The van der Waals surface area contributed by atoms with Crippen molar-refractivity contribution >= 4 is 18.4 Å². The van der Waals surface area contributed by atoms with Gasteiger partial charge in [0.2, 0.25) is 5.89 Å². The molecule has 1 aliphatic rings. The van der Waals surface area contributed by atoms with E-state index >= 15 is 0 Å². The average Bonchev–Trinajstić information content (AvgIpc) is 2.67. The van der Waals surface area contributed by atoms with E-state index in [1.807, 2.05) is 13.8 Å². The van der Waals surface area contributed by atoms with Crippen molar-refractivity contribution in [3.8, 4) is 0 Å². The quantitative estimate of drug-likeness (QED) is 0.884. The van der Waals surface area contributed by atoms with E-state index in [4.69, 9.17) is 9.52 Å². The lowest BCUT2D eigenvalue weighted by Gasteiger charge is -2.33. The zero-order chi connectivity index (χ0) is 13.8. The van der Waals surface area contributed by atoms with Gasteiger partial charge >= 0.3 is 5.97 Å². The third-order valence-electron chi connectivity index (χ3n) is 3.54. The Morgan fingerprint density at radius 3 is 2.35 bits per heavy atom. The number of nitrogens with zero attached hydrogens (tertiary/aromatic N) is 3. The Kier molecular flexibility index (Phi) is 6.45. The summed E-state index contributed by atoms with van der Waals surface area (Å²) in [5.74, 6) is 0.928. The highest BCUT2D eigenvalue weighted by Crippen LogP contribution is 2.12. The topological polar surface area (TPSA) is 69.8 Å². The van der Waals surface area contributed by atoms with Gasteiger partial charge in [-0.05, 0) is 13.8 Å². The van der Waals surface area contributed by atoms with Crippen LogP contribution in [0.25, 0.3) is 0 Å². The molecule has 0 atom stereocenters. The van der Waals surface area contributed by atoms with Gasteiger partial charge in [0.05, 0.1) is 18.7 Å². The molecular weight excluding hydrogens is 282 g/mol. The number of oxazole rings is 1. The van der Waals surface area contributed by atoms with E-state index in [0.717, 1.165) is 50.1 Å². The van der Waals surface area contributed by atoms with Crippen LogP contribution in [0.4, 0.5) is 0 Å². The lowest BCUT2D eigenvalue weighted by atomic mass is 10.3. The average molecular weight is 304 g/mol. The fraction of sp³-hybridized carbons (Fsp3) is 0.692. The number of hydrogen-bond donors (Lipinski definition) is 1. The van der Waals surface area contributed by atoms with E-state index in [1.165, 1.54) is 0 Å². The molecule has 0 unspecified atom stereocenters. The monoisotopic (exact) mass is 303 g/mol. The number of aryl methyl sites for hydroxylation is 2. The summed E-state index contributed by atoms with van der Waals surface area (Å²) in [6.45, 7) is 8.93. The van der Waals surface area contributed by atoms with Crippen molar-refractivity contribution in [3.05, 3.63) is 17.3 Å². The maximum atomic E-state index is 10.5. The van der Waals surface area contributed by atoms with Crippen LogP contribution in [0.3, 0.4) is 0 Å². The van der Waals surface area contributed by atoms with Crippen LogP contribution in [0.15, 0.2) is 4.42 Å². The van der Waals surface area contributed by atoms with Gasteiger partial charge in [-0.15, -0.1) is 12.4 Å². The number of rotatable bonds is 5.